The molecule has 0 fully saturated rings. The topological polar surface area (TPSA) is 34.1 Å². The molecule has 0 bridgehead atoms. The van der Waals surface area contributed by atoms with E-state index in [0.29, 0.717) is 19.2 Å². The van der Waals surface area contributed by atoms with Gasteiger partial charge in [0, 0.05) is 41.1 Å². The van der Waals surface area contributed by atoms with E-state index in [2.05, 4.69) is 30.2 Å². The molecule has 2 rings (SSSR count). The lowest BCUT2D eigenvalue weighted by Gasteiger charge is -2.15. The molecule has 1 heterocycles. The molecule has 4 heteroatoms. The van der Waals surface area contributed by atoms with Crippen LogP contribution in [0.5, 0.6) is 5.75 Å². The van der Waals surface area contributed by atoms with Crippen molar-refractivity contribution >= 4 is 11.6 Å². The number of aromatic nitrogens is 1. The van der Waals surface area contributed by atoms with Crippen LogP contribution in [0.1, 0.15) is 30.5 Å². The molecule has 0 saturated carbocycles. The van der Waals surface area contributed by atoms with Crippen molar-refractivity contribution in [2.75, 3.05) is 0 Å². The standard InChI is InChI=1S/C17H21ClN2O/c1-12(2)20-10-15-16(18)5-4-6-17(15)21-11-14-7-13(3)8-19-9-14/h4-9,12,20H,10-11H2,1-3H3. The third kappa shape index (κ3) is 4.73. The third-order valence-corrected chi connectivity index (χ3v) is 3.44. The molecule has 0 atom stereocenters. The first-order valence-electron chi connectivity index (χ1n) is 7.10. The van der Waals surface area contributed by atoms with Gasteiger partial charge in [0.1, 0.15) is 12.4 Å². The normalized spacial score (nSPS) is 10.9. The molecule has 0 unspecified atom stereocenters. The first-order valence-corrected chi connectivity index (χ1v) is 7.48. The molecule has 0 radical (unpaired) electrons. The smallest absolute Gasteiger partial charge is 0.125 e. The van der Waals surface area contributed by atoms with Gasteiger partial charge >= 0.3 is 0 Å². The predicted molar refractivity (Wildman–Crippen MR) is 86.7 cm³/mol. The Morgan fingerprint density at radius 1 is 1.29 bits per heavy atom. The van der Waals surface area contributed by atoms with Gasteiger partial charge in [-0.15, -0.1) is 0 Å². The Balaban J connectivity index is 2.10. The van der Waals surface area contributed by atoms with Gasteiger partial charge in [-0.05, 0) is 30.7 Å². The number of hydrogen-bond acceptors (Lipinski definition) is 3. The minimum atomic E-state index is 0.398. The maximum absolute atomic E-state index is 6.29. The van der Waals surface area contributed by atoms with Crippen LogP contribution in [-0.4, -0.2) is 11.0 Å². The zero-order valence-corrected chi connectivity index (χ0v) is 13.4. The first kappa shape index (κ1) is 15.8. The number of ether oxygens (including phenoxy) is 1. The van der Waals surface area contributed by atoms with Gasteiger partial charge in [0.15, 0.2) is 0 Å². The lowest BCUT2D eigenvalue weighted by Crippen LogP contribution is -2.22. The molecule has 0 amide bonds. The van der Waals surface area contributed by atoms with Crippen molar-refractivity contribution in [2.24, 2.45) is 0 Å². The van der Waals surface area contributed by atoms with Gasteiger partial charge < -0.3 is 10.1 Å². The Morgan fingerprint density at radius 2 is 2.10 bits per heavy atom. The highest BCUT2D eigenvalue weighted by Crippen LogP contribution is 2.27. The van der Waals surface area contributed by atoms with Crippen LogP contribution in [0, 0.1) is 6.92 Å². The monoisotopic (exact) mass is 304 g/mol. The molecule has 1 N–H and O–H groups in total. The number of halogens is 1. The molecular formula is C17H21ClN2O. The van der Waals surface area contributed by atoms with Crippen LogP contribution in [0.2, 0.25) is 5.02 Å². The Bertz CT molecular complexity index is 599. The number of rotatable bonds is 6. The van der Waals surface area contributed by atoms with E-state index in [1.165, 1.54) is 0 Å². The SMILES string of the molecule is Cc1cncc(COc2cccc(Cl)c2CNC(C)C)c1. The van der Waals surface area contributed by atoms with Crippen molar-refractivity contribution in [1.29, 1.82) is 0 Å². The van der Waals surface area contributed by atoms with Crippen LogP contribution in [0.3, 0.4) is 0 Å². The highest BCUT2D eigenvalue weighted by atomic mass is 35.5. The Kier molecular flexibility index (Phi) is 5.59. The van der Waals surface area contributed by atoms with Crippen molar-refractivity contribution in [3.8, 4) is 5.75 Å². The summed E-state index contributed by atoms with van der Waals surface area (Å²) in [5.74, 6) is 0.817. The summed E-state index contributed by atoms with van der Waals surface area (Å²) in [6.07, 6.45) is 3.66. The van der Waals surface area contributed by atoms with Gasteiger partial charge in [-0.25, -0.2) is 0 Å². The van der Waals surface area contributed by atoms with Crippen molar-refractivity contribution in [1.82, 2.24) is 10.3 Å². The summed E-state index contributed by atoms with van der Waals surface area (Å²) in [7, 11) is 0. The second-order valence-electron chi connectivity index (χ2n) is 5.41. The van der Waals surface area contributed by atoms with Crippen LogP contribution in [-0.2, 0) is 13.2 Å². The average molecular weight is 305 g/mol. The van der Waals surface area contributed by atoms with E-state index in [0.717, 1.165) is 27.5 Å². The summed E-state index contributed by atoms with van der Waals surface area (Å²) in [6.45, 7) is 7.42. The molecule has 1 aromatic carbocycles. The minimum Gasteiger partial charge on any atom is -0.488 e. The van der Waals surface area contributed by atoms with Crippen LogP contribution in [0.15, 0.2) is 36.7 Å². The average Bonchev–Trinajstić information content (AvgIpc) is 2.44. The van der Waals surface area contributed by atoms with Gasteiger partial charge in [-0.3, -0.25) is 4.98 Å². The number of aryl methyl sites for hydroxylation is 1. The molecule has 0 spiro atoms. The van der Waals surface area contributed by atoms with Gasteiger partial charge in [0.25, 0.3) is 0 Å². The molecule has 2 aromatic rings. The highest BCUT2D eigenvalue weighted by molar-refractivity contribution is 6.31. The summed E-state index contributed by atoms with van der Waals surface area (Å²) < 4.78 is 5.93. The fourth-order valence-corrected chi connectivity index (χ4v) is 2.24. The van der Waals surface area contributed by atoms with Crippen LogP contribution in [0.25, 0.3) is 0 Å². The van der Waals surface area contributed by atoms with Crippen molar-refractivity contribution in [2.45, 2.75) is 40.0 Å². The maximum atomic E-state index is 6.29. The van der Waals surface area contributed by atoms with Crippen LogP contribution < -0.4 is 10.1 Å². The second kappa shape index (κ2) is 7.43. The fraction of sp³-hybridized carbons (Fsp3) is 0.353. The maximum Gasteiger partial charge on any atom is 0.125 e. The number of pyridine rings is 1. The second-order valence-corrected chi connectivity index (χ2v) is 5.82. The summed E-state index contributed by atoms with van der Waals surface area (Å²) >= 11 is 6.29. The van der Waals surface area contributed by atoms with Gasteiger partial charge in [0.05, 0.1) is 0 Å². The summed E-state index contributed by atoms with van der Waals surface area (Å²) in [5, 5.41) is 4.10. The van der Waals surface area contributed by atoms with Crippen molar-refractivity contribution < 1.29 is 4.74 Å². The summed E-state index contributed by atoms with van der Waals surface area (Å²) in [6, 6.07) is 8.22. The molecular weight excluding hydrogens is 284 g/mol. The van der Waals surface area contributed by atoms with Crippen molar-refractivity contribution in [3.63, 3.8) is 0 Å². The van der Waals surface area contributed by atoms with E-state index in [1.54, 1.807) is 0 Å². The van der Waals surface area contributed by atoms with Gasteiger partial charge in [0.2, 0.25) is 0 Å². The minimum absolute atomic E-state index is 0.398. The molecule has 1 aromatic heterocycles. The van der Waals surface area contributed by atoms with E-state index in [9.17, 15) is 0 Å². The molecule has 3 nitrogen and oxygen atoms in total. The lowest BCUT2D eigenvalue weighted by atomic mass is 10.2. The first-order chi connectivity index (χ1) is 10.1. The molecule has 0 saturated heterocycles. The zero-order chi connectivity index (χ0) is 15.2. The van der Waals surface area contributed by atoms with Crippen LogP contribution in [0.4, 0.5) is 0 Å². The fourth-order valence-electron chi connectivity index (χ4n) is 2.01. The van der Waals surface area contributed by atoms with Crippen molar-refractivity contribution in [3.05, 3.63) is 58.4 Å². The third-order valence-electron chi connectivity index (χ3n) is 3.09. The highest BCUT2D eigenvalue weighted by Gasteiger charge is 2.09. The van der Waals surface area contributed by atoms with Gasteiger partial charge in [-0.2, -0.15) is 0 Å². The largest absolute Gasteiger partial charge is 0.488 e. The lowest BCUT2D eigenvalue weighted by molar-refractivity contribution is 0.301. The Labute approximate surface area is 131 Å². The van der Waals surface area contributed by atoms with E-state index in [1.807, 2.05) is 37.5 Å². The summed E-state index contributed by atoms with van der Waals surface area (Å²) in [4.78, 5) is 4.18. The predicted octanol–water partition coefficient (Wildman–Crippen LogP) is 4.12. The number of nitrogens with zero attached hydrogens (tertiary/aromatic N) is 1. The number of hydrogen-bond donors (Lipinski definition) is 1. The molecule has 0 aliphatic heterocycles. The number of nitrogens with one attached hydrogen (secondary N) is 1. The molecule has 0 aliphatic carbocycles. The van der Waals surface area contributed by atoms with Crippen LogP contribution >= 0.6 is 11.6 Å². The van der Waals surface area contributed by atoms with E-state index >= 15 is 0 Å². The van der Waals surface area contributed by atoms with E-state index in [-0.39, 0.29) is 0 Å². The zero-order valence-electron chi connectivity index (χ0n) is 12.7. The number of benzene rings is 1. The summed E-state index contributed by atoms with van der Waals surface area (Å²) in [5.41, 5.74) is 3.18. The molecule has 112 valence electrons. The van der Waals surface area contributed by atoms with E-state index in [4.69, 9.17) is 16.3 Å². The quantitative estimate of drug-likeness (QED) is 0.871. The van der Waals surface area contributed by atoms with Gasteiger partial charge in [-0.1, -0.05) is 31.5 Å². The molecule has 21 heavy (non-hydrogen) atoms. The Morgan fingerprint density at radius 3 is 2.81 bits per heavy atom. The molecule has 0 aliphatic rings. The van der Waals surface area contributed by atoms with E-state index < -0.39 is 0 Å². The Hall–Kier alpha value is -1.58.